The number of rotatable bonds is 2. The van der Waals surface area contributed by atoms with Crippen LogP contribution < -0.4 is 0 Å². The second-order valence-corrected chi connectivity index (χ2v) is 5.95. The Hall–Kier alpha value is -1.68. The Morgan fingerprint density at radius 2 is 1.95 bits per heavy atom. The van der Waals surface area contributed by atoms with Crippen molar-refractivity contribution >= 4 is 11.7 Å². The lowest BCUT2D eigenvalue weighted by Gasteiger charge is -2.30. The highest BCUT2D eigenvalue weighted by Gasteiger charge is 2.27. The molecule has 1 aliphatic heterocycles. The molecule has 1 aromatic rings. The molecule has 1 atom stereocenters. The molecule has 112 valence electrons. The van der Waals surface area contributed by atoms with Gasteiger partial charge >= 0.3 is 0 Å². The molecule has 1 heterocycles. The van der Waals surface area contributed by atoms with Crippen LogP contribution in [0.2, 0.25) is 0 Å². The number of ketones is 1. The first-order chi connectivity index (χ1) is 10.1. The Morgan fingerprint density at radius 3 is 2.71 bits per heavy atom. The van der Waals surface area contributed by atoms with Crippen molar-refractivity contribution in [3.8, 4) is 0 Å². The summed E-state index contributed by atoms with van der Waals surface area (Å²) in [5.74, 6) is -0.793. The van der Waals surface area contributed by atoms with Crippen LogP contribution in [0.15, 0.2) is 18.2 Å². The summed E-state index contributed by atoms with van der Waals surface area (Å²) in [6.45, 7) is 3.42. The number of ether oxygens (including phenoxy) is 1. The maximum Gasteiger partial charge on any atom is 0.295 e. The van der Waals surface area contributed by atoms with Gasteiger partial charge in [0.1, 0.15) is 0 Å². The van der Waals surface area contributed by atoms with Crippen LogP contribution in [0, 0.1) is 0 Å². The van der Waals surface area contributed by atoms with Crippen molar-refractivity contribution in [1.82, 2.24) is 4.90 Å². The lowest BCUT2D eigenvalue weighted by molar-refractivity contribution is -0.133. The zero-order valence-electron chi connectivity index (χ0n) is 12.4. The number of hydrogen-bond acceptors (Lipinski definition) is 3. The van der Waals surface area contributed by atoms with E-state index in [4.69, 9.17) is 4.74 Å². The Labute approximate surface area is 125 Å². The molecular formula is C17H21NO3. The monoisotopic (exact) mass is 287 g/mol. The van der Waals surface area contributed by atoms with Gasteiger partial charge in [-0.05, 0) is 49.8 Å². The lowest BCUT2D eigenvalue weighted by Crippen LogP contribution is -2.47. The van der Waals surface area contributed by atoms with Gasteiger partial charge in [0.2, 0.25) is 5.78 Å². The molecule has 2 aliphatic rings. The third kappa shape index (κ3) is 3.00. The molecule has 1 fully saturated rings. The smallest absolute Gasteiger partial charge is 0.295 e. The molecule has 21 heavy (non-hydrogen) atoms. The third-order valence-electron chi connectivity index (χ3n) is 4.33. The lowest BCUT2D eigenvalue weighted by atomic mass is 9.89. The highest BCUT2D eigenvalue weighted by Crippen LogP contribution is 2.22. The van der Waals surface area contributed by atoms with Gasteiger partial charge in [-0.1, -0.05) is 12.1 Å². The number of carbonyl (C=O) groups excluding carboxylic acids is 2. The Kier molecular flexibility index (Phi) is 4.06. The Balaban J connectivity index is 1.76. The van der Waals surface area contributed by atoms with E-state index in [0.29, 0.717) is 25.3 Å². The number of carbonyl (C=O) groups is 2. The molecule has 1 amide bonds. The van der Waals surface area contributed by atoms with Crippen LogP contribution in [0.4, 0.5) is 0 Å². The number of aryl methyl sites for hydroxylation is 2. The van der Waals surface area contributed by atoms with Gasteiger partial charge in [0.05, 0.1) is 12.7 Å². The van der Waals surface area contributed by atoms with E-state index in [0.717, 1.165) is 12.8 Å². The summed E-state index contributed by atoms with van der Waals surface area (Å²) in [4.78, 5) is 26.3. The molecule has 1 aliphatic carbocycles. The van der Waals surface area contributed by atoms with E-state index in [1.54, 1.807) is 11.0 Å². The molecule has 0 radical (unpaired) electrons. The predicted octanol–water partition coefficient (Wildman–Crippen LogP) is 2.00. The zero-order valence-corrected chi connectivity index (χ0v) is 12.4. The Bertz CT molecular complexity index is 567. The van der Waals surface area contributed by atoms with Crippen LogP contribution in [-0.2, 0) is 22.4 Å². The number of amides is 1. The third-order valence-corrected chi connectivity index (χ3v) is 4.33. The van der Waals surface area contributed by atoms with Crippen LogP contribution in [0.3, 0.4) is 0 Å². The van der Waals surface area contributed by atoms with Gasteiger partial charge in [-0.2, -0.15) is 0 Å². The van der Waals surface area contributed by atoms with Gasteiger partial charge in [-0.25, -0.2) is 0 Å². The standard InChI is InChI=1S/C17H21NO3/c1-12-11-18(8-9-21-12)17(20)16(19)15-7-6-13-4-2-3-5-14(13)10-15/h6-7,10,12H,2-5,8-9,11H2,1H3/t12-/m1/s1. The van der Waals surface area contributed by atoms with Crippen molar-refractivity contribution < 1.29 is 14.3 Å². The van der Waals surface area contributed by atoms with Gasteiger partial charge in [-0.3, -0.25) is 9.59 Å². The molecular weight excluding hydrogens is 266 g/mol. The largest absolute Gasteiger partial charge is 0.375 e. The fraction of sp³-hybridized carbons (Fsp3) is 0.529. The van der Waals surface area contributed by atoms with Gasteiger partial charge in [0.25, 0.3) is 5.91 Å². The number of benzene rings is 1. The van der Waals surface area contributed by atoms with Gasteiger partial charge < -0.3 is 9.64 Å². The van der Waals surface area contributed by atoms with E-state index < -0.39 is 11.7 Å². The van der Waals surface area contributed by atoms with Crippen molar-refractivity contribution in [2.75, 3.05) is 19.7 Å². The summed E-state index contributed by atoms with van der Waals surface area (Å²) in [5, 5.41) is 0. The van der Waals surface area contributed by atoms with Crippen LogP contribution >= 0.6 is 0 Å². The summed E-state index contributed by atoms with van der Waals surface area (Å²) >= 11 is 0. The molecule has 0 spiro atoms. The maximum atomic E-state index is 12.4. The van der Waals surface area contributed by atoms with Crippen LogP contribution in [-0.4, -0.2) is 42.4 Å². The van der Waals surface area contributed by atoms with E-state index in [1.165, 1.54) is 24.0 Å². The number of Topliss-reactive ketones (excluding diaryl/α,β-unsaturated/α-hetero) is 1. The predicted molar refractivity (Wildman–Crippen MR) is 79.4 cm³/mol. The van der Waals surface area contributed by atoms with Crippen molar-refractivity contribution in [2.45, 2.75) is 38.7 Å². The second-order valence-electron chi connectivity index (χ2n) is 5.95. The quantitative estimate of drug-likeness (QED) is 0.617. The summed E-state index contributed by atoms with van der Waals surface area (Å²) < 4.78 is 5.41. The molecule has 0 unspecified atom stereocenters. The molecule has 4 heteroatoms. The van der Waals surface area contributed by atoms with E-state index in [-0.39, 0.29) is 6.10 Å². The number of hydrogen-bond donors (Lipinski definition) is 0. The van der Waals surface area contributed by atoms with Crippen molar-refractivity contribution in [2.24, 2.45) is 0 Å². The van der Waals surface area contributed by atoms with E-state index in [1.807, 2.05) is 19.1 Å². The molecule has 0 saturated carbocycles. The highest BCUT2D eigenvalue weighted by atomic mass is 16.5. The Morgan fingerprint density at radius 1 is 1.19 bits per heavy atom. The molecule has 0 bridgehead atoms. The van der Waals surface area contributed by atoms with Gasteiger partial charge in [0, 0.05) is 18.7 Å². The van der Waals surface area contributed by atoms with E-state index >= 15 is 0 Å². The summed E-state index contributed by atoms with van der Waals surface area (Å²) in [6.07, 6.45) is 4.47. The SMILES string of the molecule is C[C@@H]1CN(C(=O)C(=O)c2ccc3c(c2)CCCC3)CCO1. The van der Waals surface area contributed by atoms with Gasteiger partial charge in [-0.15, -0.1) is 0 Å². The normalized spacial score (nSPS) is 21.8. The average Bonchev–Trinajstić information content (AvgIpc) is 2.53. The topological polar surface area (TPSA) is 46.6 Å². The number of nitrogens with zero attached hydrogens (tertiary/aromatic N) is 1. The van der Waals surface area contributed by atoms with Crippen LogP contribution in [0.25, 0.3) is 0 Å². The minimum Gasteiger partial charge on any atom is -0.375 e. The van der Waals surface area contributed by atoms with E-state index in [9.17, 15) is 9.59 Å². The van der Waals surface area contributed by atoms with Crippen molar-refractivity contribution in [1.29, 1.82) is 0 Å². The van der Waals surface area contributed by atoms with E-state index in [2.05, 4.69) is 0 Å². The van der Waals surface area contributed by atoms with Crippen LogP contribution in [0.1, 0.15) is 41.3 Å². The van der Waals surface area contributed by atoms with Gasteiger partial charge in [0.15, 0.2) is 0 Å². The maximum absolute atomic E-state index is 12.4. The molecule has 1 aromatic carbocycles. The van der Waals surface area contributed by atoms with Crippen molar-refractivity contribution in [3.63, 3.8) is 0 Å². The number of morpholine rings is 1. The fourth-order valence-corrected chi connectivity index (χ4v) is 3.14. The first kappa shape index (κ1) is 14.3. The molecule has 3 rings (SSSR count). The van der Waals surface area contributed by atoms with Crippen LogP contribution in [0.5, 0.6) is 0 Å². The minimum absolute atomic E-state index is 0.000895. The van der Waals surface area contributed by atoms with Crippen molar-refractivity contribution in [3.05, 3.63) is 34.9 Å². The summed E-state index contributed by atoms with van der Waals surface area (Å²) in [7, 11) is 0. The summed E-state index contributed by atoms with van der Waals surface area (Å²) in [6, 6.07) is 5.73. The average molecular weight is 287 g/mol. The molecule has 4 nitrogen and oxygen atoms in total. The zero-order chi connectivity index (χ0) is 14.8. The highest BCUT2D eigenvalue weighted by molar-refractivity contribution is 6.42. The fourth-order valence-electron chi connectivity index (χ4n) is 3.14. The number of fused-ring (bicyclic) bond motifs is 1. The molecule has 0 N–H and O–H groups in total. The molecule has 1 saturated heterocycles. The second kappa shape index (κ2) is 5.98. The first-order valence-corrected chi connectivity index (χ1v) is 7.72. The first-order valence-electron chi connectivity index (χ1n) is 7.72. The molecule has 0 aromatic heterocycles. The minimum atomic E-state index is -0.402. The summed E-state index contributed by atoms with van der Waals surface area (Å²) in [5.41, 5.74) is 3.08.